The lowest BCUT2D eigenvalue weighted by Gasteiger charge is -2.13. The lowest BCUT2D eigenvalue weighted by molar-refractivity contribution is 0.287. The minimum absolute atomic E-state index is 0.464. The van der Waals surface area contributed by atoms with E-state index in [9.17, 15) is 0 Å². The van der Waals surface area contributed by atoms with Gasteiger partial charge in [0.15, 0.2) is 16.6 Å². The Bertz CT molecular complexity index is 1010. The molecule has 0 saturated heterocycles. The summed E-state index contributed by atoms with van der Waals surface area (Å²) in [4.78, 5) is 0. The molecule has 2 aromatic carbocycles. The molecule has 2 N–H and O–H groups in total. The molecule has 7 nitrogen and oxygen atoms in total. The van der Waals surface area contributed by atoms with Crippen molar-refractivity contribution in [1.82, 2.24) is 9.78 Å². The number of anilines is 2. The first-order chi connectivity index (χ1) is 15.1. The van der Waals surface area contributed by atoms with Crippen molar-refractivity contribution in [2.45, 2.75) is 27.3 Å². The number of benzene rings is 2. The summed E-state index contributed by atoms with van der Waals surface area (Å²) >= 11 is 5.44. The van der Waals surface area contributed by atoms with E-state index in [1.54, 1.807) is 6.20 Å². The predicted molar refractivity (Wildman–Crippen MR) is 128 cm³/mol. The number of nitrogens with one attached hydrogen (secondary N) is 2. The molecule has 3 aromatic rings. The Hall–Kier alpha value is -3.26. The van der Waals surface area contributed by atoms with Crippen molar-refractivity contribution in [1.29, 1.82) is 0 Å². The number of nitrogens with zero attached hydrogens (tertiary/aromatic N) is 2. The molecule has 1 aromatic heterocycles. The zero-order valence-electron chi connectivity index (χ0n) is 18.1. The first-order valence-electron chi connectivity index (χ1n) is 10.3. The third kappa shape index (κ3) is 6.36. The second-order valence-corrected chi connectivity index (χ2v) is 6.99. The van der Waals surface area contributed by atoms with Gasteiger partial charge in [-0.3, -0.25) is 4.68 Å². The van der Waals surface area contributed by atoms with E-state index in [1.807, 2.05) is 74.1 Å². The highest BCUT2D eigenvalue weighted by molar-refractivity contribution is 7.80. The van der Waals surface area contributed by atoms with Gasteiger partial charge < -0.3 is 24.8 Å². The Morgan fingerprint density at radius 1 is 0.903 bits per heavy atom. The third-order valence-corrected chi connectivity index (χ3v) is 4.48. The van der Waals surface area contributed by atoms with Crippen LogP contribution >= 0.6 is 12.2 Å². The summed E-state index contributed by atoms with van der Waals surface area (Å²) in [6, 6.07) is 13.6. The van der Waals surface area contributed by atoms with Crippen LogP contribution in [-0.4, -0.2) is 34.7 Å². The Labute approximate surface area is 188 Å². The molecule has 0 fully saturated rings. The van der Waals surface area contributed by atoms with Gasteiger partial charge in [-0.25, -0.2) is 0 Å². The van der Waals surface area contributed by atoms with Crippen LogP contribution in [0, 0.1) is 0 Å². The molecule has 0 radical (unpaired) electrons. The van der Waals surface area contributed by atoms with E-state index in [0.29, 0.717) is 31.5 Å². The Morgan fingerprint density at radius 2 is 1.61 bits per heavy atom. The number of hydrogen-bond acceptors (Lipinski definition) is 5. The fourth-order valence-electron chi connectivity index (χ4n) is 3.03. The normalized spacial score (nSPS) is 10.4. The monoisotopic (exact) mass is 440 g/mol. The number of rotatable bonds is 10. The van der Waals surface area contributed by atoms with Gasteiger partial charge in [-0.15, -0.1) is 0 Å². The molecule has 0 amide bonds. The first-order valence-corrected chi connectivity index (χ1v) is 10.7. The summed E-state index contributed by atoms with van der Waals surface area (Å²) in [5.74, 6) is 2.25. The number of ether oxygens (including phenoxy) is 3. The second-order valence-electron chi connectivity index (χ2n) is 6.58. The molecule has 1 heterocycles. The summed E-state index contributed by atoms with van der Waals surface area (Å²) in [6.45, 7) is 8.22. The molecule has 0 aliphatic carbocycles. The fourth-order valence-corrected chi connectivity index (χ4v) is 3.26. The van der Waals surface area contributed by atoms with Crippen molar-refractivity contribution < 1.29 is 14.2 Å². The van der Waals surface area contributed by atoms with Gasteiger partial charge in [0, 0.05) is 6.20 Å². The Kier molecular flexibility index (Phi) is 8.12. The van der Waals surface area contributed by atoms with Crippen LogP contribution in [0.5, 0.6) is 17.2 Å². The highest BCUT2D eigenvalue weighted by Gasteiger charge is 2.09. The second kappa shape index (κ2) is 11.2. The molecule has 31 heavy (non-hydrogen) atoms. The fraction of sp³-hybridized carbons (Fsp3) is 0.304. The van der Waals surface area contributed by atoms with Crippen LogP contribution in [0.1, 0.15) is 26.3 Å². The molecule has 0 bridgehead atoms. The lowest BCUT2D eigenvalue weighted by atomic mass is 10.2. The Morgan fingerprint density at radius 3 is 2.39 bits per heavy atom. The van der Waals surface area contributed by atoms with Crippen LogP contribution in [0.2, 0.25) is 0 Å². The minimum atomic E-state index is 0.464. The largest absolute Gasteiger partial charge is 0.492 e. The van der Waals surface area contributed by atoms with E-state index in [2.05, 4.69) is 15.7 Å². The highest BCUT2D eigenvalue weighted by atomic mass is 32.1. The zero-order valence-corrected chi connectivity index (χ0v) is 18.9. The summed E-state index contributed by atoms with van der Waals surface area (Å²) in [6.07, 6.45) is 3.64. The van der Waals surface area contributed by atoms with Crippen LogP contribution in [0.15, 0.2) is 54.9 Å². The molecule has 164 valence electrons. The van der Waals surface area contributed by atoms with Gasteiger partial charge in [0.25, 0.3) is 0 Å². The van der Waals surface area contributed by atoms with Crippen molar-refractivity contribution in [2.24, 2.45) is 0 Å². The van der Waals surface area contributed by atoms with Crippen LogP contribution in [0.4, 0.5) is 11.4 Å². The standard InChI is InChI=1S/C23H28N4O3S/c1-4-28-20-10-8-7-9-19(20)26-23(31)25-18-14-24-27(16-18)15-17-11-12-21(29-5-2)22(13-17)30-6-3/h7-14,16H,4-6,15H2,1-3H3,(H2,25,26,31). The summed E-state index contributed by atoms with van der Waals surface area (Å²) in [5.41, 5.74) is 2.67. The molecule has 0 aliphatic heterocycles. The van der Waals surface area contributed by atoms with E-state index in [-0.39, 0.29) is 0 Å². The lowest BCUT2D eigenvalue weighted by Crippen LogP contribution is -2.19. The van der Waals surface area contributed by atoms with Crippen molar-refractivity contribution in [3.8, 4) is 17.2 Å². The van der Waals surface area contributed by atoms with Crippen LogP contribution in [0.3, 0.4) is 0 Å². The van der Waals surface area contributed by atoms with Crippen molar-refractivity contribution in [2.75, 3.05) is 30.5 Å². The summed E-state index contributed by atoms with van der Waals surface area (Å²) in [7, 11) is 0. The molecule has 0 spiro atoms. The maximum absolute atomic E-state index is 5.71. The smallest absolute Gasteiger partial charge is 0.175 e. The van der Waals surface area contributed by atoms with E-state index >= 15 is 0 Å². The van der Waals surface area contributed by atoms with Crippen molar-refractivity contribution >= 4 is 28.7 Å². The van der Waals surface area contributed by atoms with Gasteiger partial charge >= 0.3 is 0 Å². The molecule has 0 saturated carbocycles. The van der Waals surface area contributed by atoms with Gasteiger partial charge in [-0.2, -0.15) is 5.10 Å². The quantitative estimate of drug-likeness (QED) is 0.433. The molecular formula is C23H28N4O3S. The van der Waals surface area contributed by atoms with Crippen molar-refractivity contribution in [3.63, 3.8) is 0 Å². The SMILES string of the molecule is CCOc1ccccc1NC(=S)Nc1cnn(Cc2ccc(OCC)c(OCC)c2)c1. The van der Waals surface area contributed by atoms with Gasteiger partial charge in [0.05, 0.1) is 43.9 Å². The predicted octanol–water partition coefficient (Wildman–Crippen LogP) is 4.94. The van der Waals surface area contributed by atoms with Crippen LogP contribution < -0.4 is 24.8 Å². The summed E-state index contributed by atoms with van der Waals surface area (Å²) in [5, 5.41) is 11.2. The maximum Gasteiger partial charge on any atom is 0.175 e. The average molecular weight is 441 g/mol. The number of hydrogen-bond donors (Lipinski definition) is 2. The third-order valence-electron chi connectivity index (χ3n) is 4.28. The number of aromatic nitrogens is 2. The summed E-state index contributed by atoms with van der Waals surface area (Å²) < 4.78 is 18.8. The number of thiocarbonyl (C=S) groups is 1. The molecule has 0 unspecified atom stereocenters. The molecular weight excluding hydrogens is 412 g/mol. The van der Waals surface area contributed by atoms with Gasteiger partial charge in [0.2, 0.25) is 0 Å². The van der Waals surface area contributed by atoms with E-state index < -0.39 is 0 Å². The van der Waals surface area contributed by atoms with E-state index in [4.69, 9.17) is 26.4 Å². The first kappa shape index (κ1) is 22.4. The average Bonchev–Trinajstić information content (AvgIpc) is 3.18. The van der Waals surface area contributed by atoms with E-state index in [0.717, 1.165) is 34.2 Å². The molecule has 0 atom stereocenters. The molecule has 8 heteroatoms. The molecule has 0 aliphatic rings. The topological polar surface area (TPSA) is 69.6 Å². The van der Waals surface area contributed by atoms with E-state index in [1.165, 1.54) is 0 Å². The van der Waals surface area contributed by atoms with Gasteiger partial charge in [-0.1, -0.05) is 18.2 Å². The Balaban J connectivity index is 1.63. The highest BCUT2D eigenvalue weighted by Crippen LogP contribution is 2.29. The van der Waals surface area contributed by atoms with Crippen molar-refractivity contribution in [3.05, 3.63) is 60.4 Å². The number of para-hydroxylation sites is 2. The van der Waals surface area contributed by atoms with Gasteiger partial charge in [-0.05, 0) is 62.8 Å². The van der Waals surface area contributed by atoms with Crippen LogP contribution in [-0.2, 0) is 6.54 Å². The molecule has 3 rings (SSSR count). The van der Waals surface area contributed by atoms with Gasteiger partial charge in [0.1, 0.15) is 5.75 Å². The maximum atomic E-state index is 5.71. The zero-order chi connectivity index (χ0) is 22.1. The van der Waals surface area contributed by atoms with Crippen LogP contribution in [0.25, 0.3) is 0 Å². The minimum Gasteiger partial charge on any atom is -0.492 e.